The van der Waals surface area contributed by atoms with Crippen LogP contribution in [0.15, 0.2) is 12.1 Å². The summed E-state index contributed by atoms with van der Waals surface area (Å²) >= 11 is 0. The molecule has 0 amide bonds. The molecule has 3 rings (SSSR count). The zero-order chi connectivity index (χ0) is 18.3. The van der Waals surface area contributed by atoms with Crippen molar-refractivity contribution in [1.82, 2.24) is 14.4 Å². The minimum atomic E-state index is -1.40. The van der Waals surface area contributed by atoms with Crippen molar-refractivity contribution in [3.8, 4) is 5.69 Å². The van der Waals surface area contributed by atoms with Crippen molar-refractivity contribution >= 4 is 0 Å². The van der Waals surface area contributed by atoms with Gasteiger partial charge in [-0.1, -0.05) is 0 Å². The van der Waals surface area contributed by atoms with Gasteiger partial charge in [0.15, 0.2) is 23.3 Å². The van der Waals surface area contributed by atoms with E-state index in [0.717, 1.165) is 31.7 Å². The predicted octanol–water partition coefficient (Wildman–Crippen LogP) is 3.40. The van der Waals surface area contributed by atoms with Crippen LogP contribution in [0.1, 0.15) is 17.0 Å². The first-order chi connectivity index (χ1) is 11.8. The number of nitrogens with zero attached hydrogens (tertiary/aromatic N) is 3. The molecule has 136 valence electrons. The van der Waals surface area contributed by atoms with Crippen LogP contribution in [0.5, 0.6) is 0 Å². The number of benzene rings is 1. The molecule has 1 aliphatic rings. The van der Waals surface area contributed by atoms with E-state index in [0.29, 0.717) is 17.9 Å². The molecule has 0 spiro atoms. The molecule has 0 saturated carbocycles. The van der Waals surface area contributed by atoms with Gasteiger partial charge in [0.25, 0.3) is 0 Å². The Bertz CT molecular complexity index is 766. The smallest absolute Gasteiger partial charge is 0.186 e. The van der Waals surface area contributed by atoms with Crippen molar-refractivity contribution in [3.05, 3.63) is 52.4 Å². The molecule has 7 heteroatoms. The maximum absolute atomic E-state index is 14.2. The Hall–Kier alpha value is -1.86. The Morgan fingerprint density at radius 2 is 1.44 bits per heavy atom. The third kappa shape index (κ3) is 3.30. The first kappa shape index (κ1) is 17.9. The van der Waals surface area contributed by atoms with E-state index < -0.39 is 29.0 Å². The molecule has 1 fully saturated rings. The van der Waals surface area contributed by atoms with Gasteiger partial charge in [-0.25, -0.2) is 17.6 Å². The van der Waals surface area contributed by atoms with Crippen LogP contribution >= 0.6 is 0 Å². The van der Waals surface area contributed by atoms with Crippen molar-refractivity contribution < 1.29 is 17.6 Å². The van der Waals surface area contributed by atoms with Crippen molar-refractivity contribution in [3.63, 3.8) is 0 Å². The molecular formula is C18H21F4N3. The van der Waals surface area contributed by atoms with Crippen LogP contribution in [0.3, 0.4) is 0 Å². The second kappa shape index (κ2) is 6.80. The maximum atomic E-state index is 14.2. The second-order valence-corrected chi connectivity index (χ2v) is 6.63. The first-order valence-corrected chi connectivity index (χ1v) is 8.21. The number of likely N-dealkylation sites (N-methyl/N-ethyl adjacent to an activating group) is 1. The summed E-state index contributed by atoms with van der Waals surface area (Å²) in [5.74, 6) is -5.57. The van der Waals surface area contributed by atoms with Crippen molar-refractivity contribution in [1.29, 1.82) is 0 Å². The minimum Gasteiger partial charge on any atom is -0.313 e. The van der Waals surface area contributed by atoms with E-state index in [1.165, 1.54) is 4.57 Å². The molecule has 0 radical (unpaired) electrons. The maximum Gasteiger partial charge on any atom is 0.186 e. The molecule has 2 aromatic rings. The molecule has 0 N–H and O–H groups in total. The zero-order valence-electron chi connectivity index (χ0n) is 14.5. The Labute approximate surface area is 144 Å². The quantitative estimate of drug-likeness (QED) is 0.618. The summed E-state index contributed by atoms with van der Waals surface area (Å²) in [5.41, 5.74) is 1.31. The topological polar surface area (TPSA) is 11.4 Å². The van der Waals surface area contributed by atoms with Crippen molar-refractivity contribution in [2.24, 2.45) is 0 Å². The van der Waals surface area contributed by atoms with Gasteiger partial charge in [-0.2, -0.15) is 0 Å². The normalized spacial score (nSPS) is 16.6. The van der Waals surface area contributed by atoms with Crippen LogP contribution in [0.4, 0.5) is 17.6 Å². The summed E-state index contributed by atoms with van der Waals surface area (Å²) in [4.78, 5) is 4.49. The molecule has 1 aliphatic heterocycles. The van der Waals surface area contributed by atoms with E-state index in [1.54, 1.807) is 13.8 Å². The number of rotatable bonds is 3. The van der Waals surface area contributed by atoms with Crippen LogP contribution < -0.4 is 0 Å². The summed E-state index contributed by atoms with van der Waals surface area (Å²) in [6.45, 7) is 7.72. The van der Waals surface area contributed by atoms with Crippen LogP contribution in [0, 0.1) is 37.1 Å². The van der Waals surface area contributed by atoms with Gasteiger partial charge in [-0.3, -0.25) is 4.90 Å². The van der Waals surface area contributed by atoms with Crippen LogP contribution in [-0.4, -0.2) is 47.6 Å². The predicted molar refractivity (Wildman–Crippen MR) is 87.8 cm³/mol. The van der Waals surface area contributed by atoms with Gasteiger partial charge in [0, 0.05) is 50.2 Å². The fourth-order valence-electron chi connectivity index (χ4n) is 3.34. The van der Waals surface area contributed by atoms with Crippen molar-refractivity contribution in [2.45, 2.75) is 20.4 Å². The standard InChI is InChI=1S/C18H21F4N3/c1-11-8-13(10-24-6-4-23(3)5-7-24)12(2)25(11)18-16(21)14(19)9-15(20)17(18)22/h8-9H,4-7,10H2,1-3H3. The van der Waals surface area contributed by atoms with E-state index in [2.05, 4.69) is 16.8 Å². The molecule has 0 atom stereocenters. The molecule has 3 nitrogen and oxygen atoms in total. The number of hydrogen-bond donors (Lipinski definition) is 0. The lowest BCUT2D eigenvalue weighted by Gasteiger charge is -2.32. The highest BCUT2D eigenvalue weighted by Gasteiger charge is 2.24. The number of hydrogen-bond acceptors (Lipinski definition) is 2. The number of piperazine rings is 1. The largest absolute Gasteiger partial charge is 0.313 e. The molecular weight excluding hydrogens is 334 g/mol. The van der Waals surface area contributed by atoms with Gasteiger partial charge in [0.05, 0.1) is 0 Å². The fourth-order valence-corrected chi connectivity index (χ4v) is 3.34. The molecule has 0 aliphatic carbocycles. The van der Waals surface area contributed by atoms with E-state index in [1.807, 2.05) is 6.07 Å². The lowest BCUT2D eigenvalue weighted by Crippen LogP contribution is -2.43. The molecule has 0 unspecified atom stereocenters. The summed E-state index contributed by atoms with van der Waals surface area (Å²) in [7, 11) is 2.06. The number of halogens is 4. The zero-order valence-corrected chi connectivity index (χ0v) is 14.5. The highest BCUT2D eigenvalue weighted by molar-refractivity contribution is 5.44. The Kier molecular flexibility index (Phi) is 4.88. The third-order valence-corrected chi connectivity index (χ3v) is 4.84. The van der Waals surface area contributed by atoms with Crippen LogP contribution in [0.2, 0.25) is 0 Å². The molecule has 1 aromatic carbocycles. The first-order valence-electron chi connectivity index (χ1n) is 8.21. The van der Waals surface area contributed by atoms with Gasteiger partial charge in [-0.15, -0.1) is 0 Å². The third-order valence-electron chi connectivity index (χ3n) is 4.84. The summed E-state index contributed by atoms with van der Waals surface area (Å²) in [5, 5.41) is 0. The van der Waals surface area contributed by atoms with Crippen LogP contribution in [-0.2, 0) is 6.54 Å². The highest BCUT2D eigenvalue weighted by Crippen LogP contribution is 2.28. The average Bonchev–Trinajstić information content (AvgIpc) is 2.83. The van der Waals surface area contributed by atoms with Gasteiger partial charge in [0.2, 0.25) is 0 Å². The molecule has 0 bridgehead atoms. The SMILES string of the molecule is Cc1cc(CN2CCN(C)CC2)c(C)n1-c1c(F)c(F)cc(F)c1F. The van der Waals surface area contributed by atoms with E-state index in [9.17, 15) is 17.6 Å². The Balaban J connectivity index is 1.99. The van der Waals surface area contributed by atoms with Gasteiger partial charge < -0.3 is 9.47 Å². The molecule has 1 saturated heterocycles. The number of aromatic nitrogens is 1. The van der Waals surface area contributed by atoms with Gasteiger partial charge >= 0.3 is 0 Å². The summed E-state index contributed by atoms with van der Waals surface area (Å²) in [6, 6.07) is 2.04. The monoisotopic (exact) mass is 355 g/mol. The second-order valence-electron chi connectivity index (χ2n) is 6.63. The number of aryl methyl sites for hydroxylation is 1. The Morgan fingerprint density at radius 1 is 0.880 bits per heavy atom. The van der Waals surface area contributed by atoms with E-state index >= 15 is 0 Å². The van der Waals surface area contributed by atoms with Crippen molar-refractivity contribution in [2.75, 3.05) is 33.2 Å². The summed E-state index contributed by atoms with van der Waals surface area (Å²) < 4.78 is 56.8. The van der Waals surface area contributed by atoms with Crippen LogP contribution in [0.25, 0.3) is 5.69 Å². The van der Waals surface area contributed by atoms with E-state index in [-0.39, 0.29) is 6.07 Å². The molecule has 2 heterocycles. The average molecular weight is 355 g/mol. The highest BCUT2D eigenvalue weighted by atomic mass is 19.2. The van der Waals surface area contributed by atoms with Gasteiger partial charge in [0.1, 0.15) is 5.69 Å². The molecule has 1 aromatic heterocycles. The summed E-state index contributed by atoms with van der Waals surface area (Å²) in [6.07, 6.45) is 0. The fraction of sp³-hybridized carbons (Fsp3) is 0.444. The van der Waals surface area contributed by atoms with E-state index in [4.69, 9.17) is 0 Å². The Morgan fingerprint density at radius 3 is 2.00 bits per heavy atom. The lowest BCUT2D eigenvalue weighted by atomic mass is 10.2. The lowest BCUT2D eigenvalue weighted by molar-refractivity contribution is 0.148. The van der Waals surface area contributed by atoms with Gasteiger partial charge in [-0.05, 0) is 32.5 Å². The minimum absolute atomic E-state index is 0.230. The molecule has 25 heavy (non-hydrogen) atoms.